The van der Waals surface area contributed by atoms with E-state index in [0.29, 0.717) is 12.0 Å². The van der Waals surface area contributed by atoms with Gasteiger partial charge in [0, 0.05) is 19.6 Å². The predicted molar refractivity (Wildman–Crippen MR) is 71.9 cm³/mol. The number of amides is 1. The van der Waals surface area contributed by atoms with Crippen molar-refractivity contribution in [1.29, 1.82) is 0 Å². The molecule has 1 fully saturated rings. The minimum Gasteiger partial charge on any atom is -0.345 e. The molecule has 1 aliphatic carbocycles. The van der Waals surface area contributed by atoms with Gasteiger partial charge >= 0.3 is 0 Å². The molecule has 0 radical (unpaired) electrons. The number of likely N-dealkylation sites (N-methyl/N-ethyl adjacent to an activating group) is 1. The molecule has 1 N–H and O–H groups in total. The molecule has 0 aromatic heterocycles. The van der Waals surface area contributed by atoms with Crippen molar-refractivity contribution in [3.8, 4) is 0 Å². The van der Waals surface area contributed by atoms with Crippen LogP contribution in [0.5, 0.6) is 0 Å². The van der Waals surface area contributed by atoms with Gasteiger partial charge in [-0.25, -0.2) is 0 Å². The minimum absolute atomic E-state index is 0.0548. The second kappa shape index (κ2) is 6.39. The zero-order valence-corrected chi connectivity index (χ0v) is 12.0. The standard InChI is InChI=1S/C14H28N2O/c1-6-16(5)14(17)12(4)15-13-8-7-10(2)9-11(13)3/h10-13,15H,6-9H2,1-5H3. The van der Waals surface area contributed by atoms with Gasteiger partial charge in [0.05, 0.1) is 6.04 Å². The highest BCUT2D eigenvalue weighted by atomic mass is 16.2. The van der Waals surface area contributed by atoms with Crippen molar-refractivity contribution in [2.24, 2.45) is 11.8 Å². The van der Waals surface area contributed by atoms with Gasteiger partial charge in [0.15, 0.2) is 0 Å². The molecule has 0 bridgehead atoms. The maximum absolute atomic E-state index is 12.0. The predicted octanol–water partition coefficient (Wildman–Crippen LogP) is 2.27. The molecule has 3 nitrogen and oxygen atoms in total. The van der Waals surface area contributed by atoms with Gasteiger partial charge in [-0.05, 0) is 44.9 Å². The maximum Gasteiger partial charge on any atom is 0.239 e. The monoisotopic (exact) mass is 240 g/mol. The lowest BCUT2D eigenvalue weighted by atomic mass is 9.79. The van der Waals surface area contributed by atoms with E-state index in [0.717, 1.165) is 12.5 Å². The molecule has 0 aliphatic heterocycles. The smallest absolute Gasteiger partial charge is 0.239 e. The number of carbonyl (C=O) groups excluding carboxylic acids is 1. The van der Waals surface area contributed by atoms with Crippen molar-refractivity contribution >= 4 is 5.91 Å². The van der Waals surface area contributed by atoms with Crippen LogP contribution in [0, 0.1) is 11.8 Å². The van der Waals surface area contributed by atoms with E-state index < -0.39 is 0 Å². The maximum atomic E-state index is 12.0. The van der Waals surface area contributed by atoms with Gasteiger partial charge in [-0.3, -0.25) is 4.79 Å². The third kappa shape index (κ3) is 3.98. The SMILES string of the molecule is CCN(C)C(=O)C(C)NC1CCC(C)CC1C. The van der Waals surface area contributed by atoms with Crippen LogP contribution in [0.4, 0.5) is 0 Å². The fourth-order valence-corrected chi connectivity index (χ4v) is 2.79. The molecule has 4 atom stereocenters. The molecule has 1 rings (SSSR count). The van der Waals surface area contributed by atoms with Crippen LogP contribution in [0.25, 0.3) is 0 Å². The lowest BCUT2D eigenvalue weighted by Crippen LogP contribution is -2.50. The topological polar surface area (TPSA) is 32.3 Å². The molecule has 0 saturated heterocycles. The summed E-state index contributed by atoms with van der Waals surface area (Å²) in [6.07, 6.45) is 3.77. The average Bonchev–Trinajstić information content (AvgIpc) is 2.30. The molecule has 17 heavy (non-hydrogen) atoms. The van der Waals surface area contributed by atoms with E-state index >= 15 is 0 Å². The summed E-state index contributed by atoms with van der Waals surface area (Å²) in [5.74, 6) is 1.73. The molecule has 1 aliphatic rings. The first kappa shape index (κ1) is 14.5. The lowest BCUT2D eigenvalue weighted by Gasteiger charge is -2.35. The van der Waals surface area contributed by atoms with Gasteiger partial charge in [0.1, 0.15) is 0 Å². The zero-order valence-electron chi connectivity index (χ0n) is 12.0. The number of hydrogen-bond donors (Lipinski definition) is 1. The highest BCUT2D eigenvalue weighted by molar-refractivity contribution is 5.81. The van der Waals surface area contributed by atoms with Crippen LogP contribution in [0.2, 0.25) is 0 Å². The number of rotatable bonds is 4. The molecule has 4 unspecified atom stereocenters. The average molecular weight is 240 g/mol. The first-order valence-corrected chi connectivity index (χ1v) is 6.96. The van der Waals surface area contributed by atoms with Gasteiger partial charge in [-0.15, -0.1) is 0 Å². The van der Waals surface area contributed by atoms with Crippen LogP contribution in [0.3, 0.4) is 0 Å². The van der Waals surface area contributed by atoms with Gasteiger partial charge in [-0.2, -0.15) is 0 Å². The van der Waals surface area contributed by atoms with Gasteiger partial charge in [0.25, 0.3) is 0 Å². The summed E-state index contributed by atoms with van der Waals surface area (Å²) in [7, 11) is 1.87. The van der Waals surface area contributed by atoms with Gasteiger partial charge in [0.2, 0.25) is 5.91 Å². The van der Waals surface area contributed by atoms with Crippen LogP contribution in [0.1, 0.15) is 47.0 Å². The van der Waals surface area contributed by atoms with Crippen molar-refractivity contribution in [3.05, 3.63) is 0 Å². The summed E-state index contributed by atoms with van der Waals surface area (Å²) in [5, 5.41) is 3.51. The first-order valence-electron chi connectivity index (χ1n) is 6.96. The van der Waals surface area contributed by atoms with E-state index in [1.165, 1.54) is 19.3 Å². The van der Waals surface area contributed by atoms with Gasteiger partial charge < -0.3 is 10.2 Å². The van der Waals surface area contributed by atoms with Crippen molar-refractivity contribution in [2.75, 3.05) is 13.6 Å². The highest BCUT2D eigenvalue weighted by Gasteiger charge is 2.28. The number of hydrogen-bond acceptors (Lipinski definition) is 2. The summed E-state index contributed by atoms with van der Waals surface area (Å²) in [6.45, 7) is 9.40. The number of carbonyl (C=O) groups is 1. The molecule has 0 aromatic carbocycles. The minimum atomic E-state index is -0.0548. The Morgan fingerprint density at radius 1 is 1.41 bits per heavy atom. The van der Waals surface area contributed by atoms with E-state index in [9.17, 15) is 4.79 Å². The number of nitrogens with zero attached hydrogens (tertiary/aromatic N) is 1. The Bertz CT molecular complexity index is 255. The van der Waals surface area contributed by atoms with E-state index in [4.69, 9.17) is 0 Å². The normalized spacial score (nSPS) is 31.0. The quantitative estimate of drug-likeness (QED) is 0.817. The van der Waals surface area contributed by atoms with E-state index in [1.807, 2.05) is 20.9 Å². The van der Waals surface area contributed by atoms with E-state index in [1.54, 1.807) is 4.90 Å². The molecular weight excluding hydrogens is 212 g/mol. The molecule has 0 spiro atoms. The molecule has 0 aromatic rings. The van der Waals surface area contributed by atoms with E-state index in [2.05, 4.69) is 19.2 Å². The lowest BCUT2D eigenvalue weighted by molar-refractivity contribution is -0.131. The molecule has 1 amide bonds. The fraction of sp³-hybridized carbons (Fsp3) is 0.929. The van der Waals surface area contributed by atoms with Crippen LogP contribution < -0.4 is 5.32 Å². The van der Waals surface area contributed by atoms with Crippen molar-refractivity contribution < 1.29 is 4.79 Å². The third-order valence-corrected chi connectivity index (χ3v) is 4.12. The largest absolute Gasteiger partial charge is 0.345 e. The van der Waals surface area contributed by atoms with Crippen molar-refractivity contribution in [2.45, 2.75) is 59.0 Å². The van der Waals surface area contributed by atoms with Gasteiger partial charge in [-0.1, -0.05) is 13.8 Å². The van der Waals surface area contributed by atoms with Crippen molar-refractivity contribution in [3.63, 3.8) is 0 Å². The molecule has 1 saturated carbocycles. The summed E-state index contributed by atoms with van der Waals surface area (Å²) in [4.78, 5) is 13.8. The Kier molecular flexibility index (Phi) is 5.44. The van der Waals surface area contributed by atoms with Crippen LogP contribution in [0.15, 0.2) is 0 Å². The zero-order chi connectivity index (χ0) is 13.0. The Labute approximate surface area is 106 Å². The third-order valence-electron chi connectivity index (χ3n) is 4.12. The van der Waals surface area contributed by atoms with Crippen molar-refractivity contribution in [1.82, 2.24) is 10.2 Å². The molecule has 100 valence electrons. The Morgan fingerprint density at radius 2 is 2.06 bits per heavy atom. The summed E-state index contributed by atoms with van der Waals surface area (Å²) in [5.41, 5.74) is 0. The summed E-state index contributed by atoms with van der Waals surface area (Å²) in [6, 6.07) is 0.455. The Hall–Kier alpha value is -0.570. The summed E-state index contributed by atoms with van der Waals surface area (Å²) >= 11 is 0. The van der Waals surface area contributed by atoms with E-state index in [-0.39, 0.29) is 11.9 Å². The molecular formula is C14H28N2O. The number of nitrogens with one attached hydrogen (secondary N) is 1. The van der Waals surface area contributed by atoms with Crippen LogP contribution >= 0.6 is 0 Å². The second-order valence-corrected chi connectivity index (χ2v) is 5.74. The van der Waals surface area contributed by atoms with Crippen LogP contribution in [-0.4, -0.2) is 36.5 Å². The van der Waals surface area contributed by atoms with Crippen LogP contribution in [-0.2, 0) is 4.79 Å². The first-order chi connectivity index (χ1) is 7.95. The Balaban J connectivity index is 2.45. The second-order valence-electron chi connectivity index (χ2n) is 5.74. The molecule has 3 heteroatoms. The highest BCUT2D eigenvalue weighted by Crippen LogP contribution is 2.28. The fourth-order valence-electron chi connectivity index (χ4n) is 2.79. The summed E-state index contributed by atoms with van der Waals surface area (Å²) < 4.78 is 0. The Morgan fingerprint density at radius 3 is 2.59 bits per heavy atom. The molecule has 0 heterocycles.